The van der Waals surface area contributed by atoms with E-state index in [0.29, 0.717) is 30.8 Å². The summed E-state index contributed by atoms with van der Waals surface area (Å²) in [4.78, 5) is 29.7. The molecule has 2 amide bonds. The number of nitrogens with one attached hydrogen (secondary N) is 1. The van der Waals surface area contributed by atoms with Gasteiger partial charge in [0.15, 0.2) is 0 Å². The van der Waals surface area contributed by atoms with E-state index in [1.54, 1.807) is 24.3 Å². The van der Waals surface area contributed by atoms with E-state index < -0.39 is 0 Å². The number of amides is 2. The Hall–Kier alpha value is -2.76. The Bertz CT molecular complexity index is 744. The third-order valence-electron chi connectivity index (χ3n) is 4.23. The lowest BCUT2D eigenvalue weighted by Crippen LogP contribution is -2.30. The predicted octanol–water partition coefficient (Wildman–Crippen LogP) is 2.63. The Morgan fingerprint density at radius 3 is 2.64 bits per heavy atom. The van der Waals surface area contributed by atoms with E-state index in [-0.39, 0.29) is 17.6 Å². The smallest absolute Gasteiger partial charge is 0.252 e. The Morgan fingerprint density at radius 2 is 2.00 bits per heavy atom. The third kappa shape index (κ3) is 4.41. The summed E-state index contributed by atoms with van der Waals surface area (Å²) in [7, 11) is 0. The van der Waals surface area contributed by atoms with Crippen molar-refractivity contribution >= 4 is 11.8 Å². The molecule has 1 N–H and O–H groups in total. The van der Waals surface area contributed by atoms with Crippen molar-refractivity contribution in [2.24, 2.45) is 0 Å². The molecule has 1 aliphatic rings. The quantitative estimate of drug-likeness (QED) is 0.822. The summed E-state index contributed by atoms with van der Waals surface area (Å²) < 4.78 is 12.9. The first-order valence-electron chi connectivity index (χ1n) is 8.41. The van der Waals surface area contributed by atoms with Crippen molar-refractivity contribution in [3.05, 3.63) is 54.0 Å². The number of nitrogens with zero attached hydrogens (tertiary/aromatic N) is 2. The number of likely N-dealkylation sites (tertiary alicyclic amines) is 1. The molecular weight excluding hydrogens is 321 g/mol. The standard InChI is InChI=1S/C19H20FN3O2/c20-16-7-4-14(5-8-16)17-9-6-15(13-22-17)19(25)21-10-2-12-23-11-1-3-18(23)24/h4-9,13H,1-3,10-12H2,(H,21,25). The Balaban J connectivity index is 1.49. The number of halogens is 1. The van der Waals surface area contributed by atoms with E-state index in [9.17, 15) is 14.0 Å². The number of aromatic nitrogens is 1. The molecule has 0 unspecified atom stereocenters. The van der Waals surface area contributed by atoms with Crippen LogP contribution in [0.1, 0.15) is 29.6 Å². The highest BCUT2D eigenvalue weighted by Crippen LogP contribution is 2.17. The molecular formula is C19H20FN3O2. The fourth-order valence-corrected chi connectivity index (χ4v) is 2.83. The van der Waals surface area contributed by atoms with Crippen LogP contribution in [0.5, 0.6) is 0 Å². The van der Waals surface area contributed by atoms with Crippen LogP contribution in [-0.2, 0) is 4.79 Å². The summed E-state index contributed by atoms with van der Waals surface area (Å²) in [6.07, 6.45) is 3.81. The lowest BCUT2D eigenvalue weighted by Gasteiger charge is -2.15. The first-order chi connectivity index (χ1) is 12.1. The van der Waals surface area contributed by atoms with Crippen LogP contribution >= 0.6 is 0 Å². The highest BCUT2D eigenvalue weighted by Gasteiger charge is 2.19. The molecule has 25 heavy (non-hydrogen) atoms. The second-order valence-electron chi connectivity index (χ2n) is 6.03. The van der Waals surface area contributed by atoms with Crippen LogP contribution in [0.15, 0.2) is 42.6 Å². The molecule has 6 heteroatoms. The molecule has 0 spiro atoms. The molecule has 1 aromatic heterocycles. The Kier molecular flexibility index (Phi) is 5.38. The fourth-order valence-electron chi connectivity index (χ4n) is 2.83. The summed E-state index contributed by atoms with van der Waals surface area (Å²) in [6, 6.07) is 9.50. The third-order valence-corrected chi connectivity index (χ3v) is 4.23. The van der Waals surface area contributed by atoms with Crippen molar-refractivity contribution in [2.45, 2.75) is 19.3 Å². The van der Waals surface area contributed by atoms with Crippen LogP contribution in [0.2, 0.25) is 0 Å². The van der Waals surface area contributed by atoms with Gasteiger partial charge in [-0.15, -0.1) is 0 Å². The van der Waals surface area contributed by atoms with Crippen LogP contribution in [0.3, 0.4) is 0 Å². The summed E-state index contributed by atoms with van der Waals surface area (Å²) in [5.74, 6) is -0.284. The van der Waals surface area contributed by atoms with Crippen LogP contribution in [0.25, 0.3) is 11.3 Å². The minimum Gasteiger partial charge on any atom is -0.352 e. The molecule has 3 rings (SSSR count). The van der Waals surface area contributed by atoms with Gasteiger partial charge in [-0.05, 0) is 49.2 Å². The molecule has 1 saturated heterocycles. The minimum atomic E-state index is -0.296. The average molecular weight is 341 g/mol. The van der Waals surface area contributed by atoms with Crippen LogP contribution in [-0.4, -0.2) is 41.3 Å². The average Bonchev–Trinajstić information content (AvgIpc) is 3.04. The van der Waals surface area contributed by atoms with Gasteiger partial charge in [-0.3, -0.25) is 14.6 Å². The maximum absolute atomic E-state index is 12.9. The van der Waals surface area contributed by atoms with Crippen molar-refractivity contribution in [1.82, 2.24) is 15.2 Å². The van der Waals surface area contributed by atoms with E-state index in [4.69, 9.17) is 0 Å². The van der Waals surface area contributed by atoms with E-state index in [0.717, 1.165) is 24.9 Å². The van der Waals surface area contributed by atoms with Crippen molar-refractivity contribution in [3.8, 4) is 11.3 Å². The molecule has 0 aliphatic carbocycles. The van der Waals surface area contributed by atoms with Gasteiger partial charge in [-0.1, -0.05) is 0 Å². The Morgan fingerprint density at radius 1 is 1.20 bits per heavy atom. The van der Waals surface area contributed by atoms with Gasteiger partial charge in [0.25, 0.3) is 5.91 Å². The second kappa shape index (κ2) is 7.88. The topological polar surface area (TPSA) is 62.3 Å². The maximum atomic E-state index is 12.9. The largest absolute Gasteiger partial charge is 0.352 e. The van der Waals surface area contributed by atoms with Gasteiger partial charge < -0.3 is 10.2 Å². The van der Waals surface area contributed by atoms with Gasteiger partial charge in [0.05, 0.1) is 11.3 Å². The molecule has 0 saturated carbocycles. The highest BCUT2D eigenvalue weighted by molar-refractivity contribution is 5.94. The summed E-state index contributed by atoms with van der Waals surface area (Å²) >= 11 is 0. The van der Waals surface area contributed by atoms with Gasteiger partial charge >= 0.3 is 0 Å². The Labute approximate surface area is 145 Å². The molecule has 1 aliphatic heterocycles. The van der Waals surface area contributed by atoms with Crippen LogP contribution in [0.4, 0.5) is 4.39 Å². The van der Waals surface area contributed by atoms with Gasteiger partial charge in [-0.25, -0.2) is 4.39 Å². The summed E-state index contributed by atoms with van der Waals surface area (Å²) in [5, 5.41) is 2.84. The van der Waals surface area contributed by atoms with Gasteiger partial charge in [0.1, 0.15) is 5.82 Å². The number of carbonyl (C=O) groups excluding carboxylic acids is 2. The lowest BCUT2D eigenvalue weighted by molar-refractivity contribution is -0.127. The van der Waals surface area contributed by atoms with E-state index >= 15 is 0 Å². The monoisotopic (exact) mass is 341 g/mol. The molecule has 0 atom stereocenters. The number of hydrogen-bond donors (Lipinski definition) is 1. The van der Waals surface area contributed by atoms with Crippen LogP contribution in [0, 0.1) is 5.82 Å². The minimum absolute atomic E-state index is 0.189. The number of benzene rings is 1. The molecule has 0 radical (unpaired) electrons. The molecule has 130 valence electrons. The lowest BCUT2D eigenvalue weighted by atomic mass is 10.1. The highest BCUT2D eigenvalue weighted by atomic mass is 19.1. The number of hydrogen-bond acceptors (Lipinski definition) is 3. The van der Waals surface area contributed by atoms with Crippen molar-refractivity contribution in [2.75, 3.05) is 19.6 Å². The van der Waals surface area contributed by atoms with Crippen molar-refractivity contribution in [3.63, 3.8) is 0 Å². The first kappa shape index (κ1) is 17.1. The molecule has 2 heterocycles. The molecule has 2 aromatic rings. The van der Waals surface area contributed by atoms with E-state index in [1.165, 1.54) is 18.3 Å². The SMILES string of the molecule is O=C(NCCCN1CCCC1=O)c1ccc(-c2ccc(F)cc2)nc1. The number of carbonyl (C=O) groups is 2. The van der Waals surface area contributed by atoms with Gasteiger partial charge in [0, 0.05) is 37.8 Å². The second-order valence-corrected chi connectivity index (χ2v) is 6.03. The normalized spacial score (nSPS) is 14.0. The first-order valence-corrected chi connectivity index (χ1v) is 8.41. The zero-order valence-corrected chi connectivity index (χ0v) is 13.9. The molecule has 1 aromatic carbocycles. The molecule has 0 bridgehead atoms. The van der Waals surface area contributed by atoms with Gasteiger partial charge in [-0.2, -0.15) is 0 Å². The van der Waals surface area contributed by atoms with Crippen LogP contribution < -0.4 is 5.32 Å². The van der Waals surface area contributed by atoms with E-state index in [1.807, 2.05) is 4.90 Å². The zero-order valence-electron chi connectivity index (χ0n) is 13.9. The van der Waals surface area contributed by atoms with Crippen molar-refractivity contribution in [1.29, 1.82) is 0 Å². The fraction of sp³-hybridized carbons (Fsp3) is 0.316. The number of pyridine rings is 1. The van der Waals surface area contributed by atoms with Crippen molar-refractivity contribution < 1.29 is 14.0 Å². The van der Waals surface area contributed by atoms with Gasteiger partial charge in [0.2, 0.25) is 5.91 Å². The summed E-state index contributed by atoms with van der Waals surface area (Å²) in [6.45, 7) is 2.02. The molecule has 1 fully saturated rings. The van der Waals surface area contributed by atoms with E-state index in [2.05, 4.69) is 10.3 Å². The predicted molar refractivity (Wildman–Crippen MR) is 92.4 cm³/mol. The molecule has 5 nitrogen and oxygen atoms in total. The summed E-state index contributed by atoms with van der Waals surface area (Å²) in [5.41, 5.74) is 1.95. The zero-order chi connectivity index (χ0) is 17.6. The maximum Gasteiger partial charge on any atom is 0.252 e. The number of rotatable bonds is 6.